The van der Waals surface area contributed by atoms with Crippen LogP contribution in [0.1, 0.15) is 24.8 Å². The largest absolute Gasteiger partial charge is 0.464 e. The molecule has 2 aromatic heterocycles. The molecule has 3 aromatic rings. The SMILES string of the molecule is Brc1c2ccoc2c(CC2CCCCN2)c2ccoc12. The van der Waals surface area contributed by atoms with E-state index in [-0.39, 0.29) is 0 Å². The number of halogens is 1. The van der Waals surface area contributed by atoms with E-state index in [1.165, 1.54) is 24.8 Å². The predicted molar refractivity (Wildman–Crippen MR) is 83.0 cm³/mol. The van der Waals surface area contributed by atoms with Crippen molar-refractivity contribution in [2.75, 3.05) is 6.54 Å². The molecule has 0 bridgehead atoms. The number of piperidine rings is 1. The Balaban J connectivity index is 1.88. The highest BCUT2D eigenvalue weighted by atomic mass is 79.9. The van der Waals surface area contributed by atoms with E-state index < -0.39 is 0 Å². The predicted octanol–water partition coefficient (Wildman–Crippen LogP) is 4.63. The first-order valence-electron chi connectivity index (χ1n) is 7.12. The highest BCUT2D eigenvalue weighted by Gasteiger charge is 2.21. The lowest BCUT2D eigenvalue weighted by atomic mass is 9.95. The fraction of sp³-hybridized carbons (Fsp3) is 0.375. The van der Waals surface area contributed by atoms with Crippen molar-refractivity contribution in [3.8, 4) is 0 Å². The standard InChI is InChI=1S/C16H16BrNO2/c17-14-12-5-8-19-15(12)13(11-4-7-20-16(11)14)9-10-3-1-2-6-18-10/h4-5,7-8,10,18H,1-3,6,9H2. The third kappa shape index (κ3) is 1.90. The van der Waals surface area contributed by atoms with Gasteiger partial charge in [-0.3, -0.25) is 0 Å². The summed E-state index contributed by atoms with van der Waals surface area (Å²) in [6.07, 6.45) is 8.33. The number of hydrogen-bond donors (Lipinski definition) is 1. The van der Waals surface area contributed by atoms with Gasteiger partial charge in [0.05, 0.1) is 17.0 Å². The number of nitrogens with one attached hydrogen (secondary N) is 1. The van der Waals surface area contributed by atoms with Gasteiger partial charge >= 0.3 is 0 Å². The Morgan fingerprint density at radius 1 is 1.10 bits per heavy atom. The Kier molecular flexibility index (Phi) is 3.08. The van der Waals surface area contributed by atoms with E-state index in [9.17, 15) is 0 Å². The molecule has 20 heavy (non-hydrogen) atoms. The van der Waals surface area contributed by atoms with Gasteiger partial charge < -0.3 is 14.2 Å². The Labute approximate surface area is 125 Å². The zero-order valence-electron chi connectivity index (χ0n) is 11.1. The van der Waals surface area contributed by atoms with Crippen molar-refractivity contribution >= 4 is 37.9 Å². The van der Waals surface area contributed by atoms with Crippen LogP contribution >= 0.6 is 15.9 Å². The average molecular weight is 334 g/mol. The van der Waals surface area contributed by atoms with Crippen LogP contribution in [0.5, 0.6) is 0 Å². The van der Waals surface area contributed by atoms with E-state index in [0.717, 1.165) is 39.4 Å². The van der Waals surface area contributed by atoms with Crippen LogP contribution in [-0.2, 0) is 6.42 Å². The summed E-state index contributed by atoms with van der Waals surface area (Å²) in [5.41, 5.74) is 3.17. The molecule has 4 rings (SSSR count). The van der Waals surface area contributed by atoms with E-state index in [2.05, 4.69) is 21.2 Å². The van der Waals surface area contributed by atoms with Crippen molar-refractivity contribution in [1.29, 1.82) is 0 Å². The molecule has 4 heteroatoms. The van der Waals surface area contributed by atoms with Gasteiger partial charge in [0.25, 0.3) is 0 Å². The number of rotatable bonds is 2. The van der Waals surface area contributed by atoms with Crippen LogP contribution < -0.4 is 5.32 Å². The summed E-state index contributed by atoms with van der Waals surface area (Å²) in [4.78, 5) is 0. The zero-order chi connectivity index (χ0) is 13.5. The minimum Gasteiger partial charge on any atom is -0.464 e. The fourth-order valence-corrected chi connectivity index (χ4v) is 3.84. The van der Waals surface area contributed by atoms with Crippen molar-refractivity contribution in [2.45, 2.75) is 31.7 Å². The van der Waals surface area contributed by atoms with Gasteiger partial charge in [-0.1, -0.05) is 6.42 Å². The maximum absolute atomic E-state index is 5.75. The van der Waals surface area contributed by atoms with E-state index in [0.29, 0.717) is 6.04 Å². The molecule has 104 valence electrons. The summed E-state index contributed by atoms with van der Waals surface area (Å²) in [5.74, 6) is 0. The van der Waals surface area contributed by atoms with Crippen LogP contribution in [0.3, 0.4) is 0 Å². The molecule has 1 N–H and O–H groups in total. The molecule has 1 saturated heterocycles. The molecule has 0 amide bonds. The summed E-state index contributed by atoms with van der Waals surface area (Å²) in [7, 11) is 0. The summed E-state index contributed by atoms with van der Waals surface area (Å²) < 4.78 is 12.4. The number of benzene rings is 1. The molecule has 1 aliphatic rings. The zero-order valence-corrected chi connectivity index (χ0v) is 12.7. The molecule has 3 heterocycles. The van der Waals surface area contributed by atoms with Crippen molar-refractivity contribution in [2.24, 2.45) is 0 Å². The maximum atomic E-state index is 5.75. The molecule has 1 unspecified atom stereocenters. The Morgan fingerprint density at radius 3 is 2.70 bits per heavy atom. The molecule has 1 aromatic carbocycles. The lowest BCUT2D eigenvalue weighted by Gasteiger charge is -2.23. The van der Waals surface area contributed by atoms with Crippen LogP contribution in [0.25, 0.3) is 21.9 Å². The number of hydrogen-bond acceptors (Lipinski definition) is 3. The fourth-order valence-electron chi connectivity index (χ4n) is 3.22. The number of fused-ring (bicyclic) bond motifs is 2. The quantitative estimate of drug-likeness (QED) is 0.743. The van der Waals surface area contributed by atoms with E-state index in [1.807, 2.05) is 12.1 Å². The van der Waals surface area contributed by atoms with Gasteiger partial charge in [0, 0.05) is 22.4 Å². The van der Waals surface area contributed by atoms with Gasteiger partial charge in [0.15, 0.2) is 0 Å². The van der Waals surface area contributed by atoms with Gasteiger partial charge in [0.2, 0.25) is 0 Å². The second-order valence-electron chi connectivity index (χ2n) is 5.47. The Morgan fingerprint density at radius 2 is 1.90 bits per heavy atom. The molecule has 3 nitrogen and oxygen atoms in total. The van der Waals surface area contributed by atoms with Crippen LogP contribution in [0.4, 0.5) is 0 Å². The van der Waals surface area contributed by atoms with Gasteiger partial charge in [-0.15, -0.1) is 0 Å². The van der Waals surface area contributed by atoms with Gasteiger partial charge in [-0.25, -0.2) is 0 Å². The minimum absolute atomic E-state index is 0.538. The lowest BCUT2D eigenvalue weighted by Crippen LogP contribution is -2.35. The minimum atomic E-state index is 0.538. The molecule has 0 aliphatic carbocycles. The molecule has 1 atom stereocenters. The van der Waals surface area contributed by atoms with E-state index >= 15 is 0 Å². The topological polar surface area (TPSA) is 38.3 Å². The summed E-state index contributed by atoms with van der Waals surface area (Å²) in [6.45, 7) is 1.12. The molecule has 1 fully saturated rings. The van der Waals surface area contributed by atoms with Crippen molar-refractivity contribution < 1.29 is 8.83 Å². The Bertz CT molecular complexity index is 701. The normalized spacial score (nSPS) is 19.9. The number of furan rings is 2. The third-order valence-corrected chi connectivity index (χ3v) is 5.02. The Hall–Kier alpha value is -1.26. The first-order chi connectivity index (χ1) is 9.84. The van der Waals surface area contributed by atoms with Crippen LogP contribution in [0, 0.1) is 0 Å². The monoisotopic (exact) mass is 333 g/mol. The van der Waals surface area contributed by atoms with E-state index in [4.69, 9.17) is 8.83 Å². The molecule has 0 radical (unpaired) electrons. The molecule has 0 spiro atoms. The van der Waals surface area contributed by atoms with Gasteiger partial charge in [0.1, 0.15) is 11.2 Å². The molecule has 0 saturated carbocycles. The highest BCUT2D eigenvalue weighted by Crippen LogP contribution is 2.38. The summed E-state index contributed by atoms with van der Waals surface area (Å²) >= 11 is 3.63. The first kappa shape index (κ1) is 12.5. The van der Waals surface area contributed by atoms with Crippen molar-refractivity contribution in [3.05, 3.63) is 34.7 Å². The third-order valence-electron chi connectivity index (χ3n) is 4.23. The van der Waals surface area contributed by atoms with Crippen LogP contribution in [0.15, 0.2) is 38.0 Å². The molecular formula is C16H16BrNO2. The van der Waals surface area contributed by atoms with Crippen LogP contribution in [-0.4, -0.2) is 12.6 Å². The highest BCUT2D eigenvalue weighted by molar-refractivity contribution is 9.10. The maximum Gasteiger partial charge on any atom is 0.149 e. The average Bonchev–Trinajstić information content (AvgIpc) is 3.14. The smallest absolute Gasteiger partial charge is 0.149 e. The summed E-state index contributed by atoms with van der Waals surface area (Å²) in [5, 5.41) is 5.87. The van der Waals surface area contributed by atoms with Gasteiger partial charge in [-0.05, 0) is 53.9 Å². The van der Waals surface area contributed by atoms with Crippen molar-refractivity contribution in [1.82, 2.24) is 5.32 Å². The lowest BCUT2D eigenvalue weighted by molar-refractivity contribution is 0.399. The molecule has 1 aliphatic heterocycles. The first-order valence-corrected chi connectivity index (χ1v) is 7.92. The summed E-state index contributed by atoms with van der Waals surface area (Å²) in [6, 6.07) is 4.58. The molecular weight excluding hydrogens is 318 g/mol. The van der Waals surface area contributed by atoms with Crippen molar-refractivity contribution in [3.63, 3.8) is 0 Å². The second-order valence-corrected chi connectivity index (χ2v) is 6.26. The van der Waals surface area contributed by atoms with Gasteiger partial charge in [-0.2, -0.15) is 0 Å². The van der Waals surface area contributed by atoms with E-state index in [1.54, 1.807) is 12.5 Å². The van der Waals surface area contributed by atoms with Crippen LogP contribution in [0.2, 0.25) is 0 Å². The second kappa shape index (κ2) is 4.93.